The van der Waals surface area contributed by atoms with Gasteiger partial charge < -0.3 is 19.2 Å². The molecule has 0 radical (unpaired) electrons. The van der Waals surface area contributed by atoms with Crippen molar-refractivity contribution in [3.8, 4) is 22.6 Å². The third kappa shape index (κ3) is 3.71. The molecule has 0 amide bonds. The van der Waals surface area contributed by atoms with Crippen LogP contribution in [0.4, 0.5) is 0 Å². The number of nitrogens with zero attached hydrogens (tertiary/aromatic N) is 1. The van der Waals surface area contributed by atoms with Crippen LogP contribution >= 0.6 is 0 Å². The molecule has 126 valence electrons. The van der Waals surface area contributed by atoms with Crippen molar-refractivity contribution in [2.24, 2.45) is 0 Å². The van der Waals surface area contributed by atoms with Crippen LogP contribution in [0.5, 0.6) is 11.5 Å². The Morgan fingerprint density at radius 2 is 2.04 bits per heavy atom. The highest BCUT2D eigenvalue weighted by Gasteiger charge is 2.30. The summed E-state index contributed by atoms with van der Waals surface area (Å²) >= 11 is 0. The highest BCUT2D eigenvalue weighted by atomic mass is 16.5. The van der Waals surface area contributed by atoms with Gasteiger partial charge in [0.05, 0.1) is 13.2 Å². The van der Waals surface area contributed by atoms with Crippen molar-refractivity contribution in [2.45, 2.75) is 32.2 Å². The Morgan fingerprint density at radius 1 is 1.21 bits per heavy atom. The average molecular weight is 327 g/mol. The molecule has 3 rings (SSSR count). The van der Waals surface area contributed by atoms with Crippen LogP contribution in [0.2, 0.25) is 6.32 Å². The lowest BCUT2D eigenvalue weighted by molar-refractivity contribution is 0.230. The van der Waals surface area contributed by atoms with E-state index in [0.29, 0.717) is 18.7 Å². The van der Waals surface area contributed by atoms with Gasteiger partial charge in [-0.15, -0.1) is 0 Å². The van der Waals surface area contributed by atoms with Crippen LogP contribution in [0.25, 0.3) is 11.1 Å². The van der Waals surface area contributed by atoms with E-state index < -0.39 is 7.12 Å². The van der Waals surface area contributed by atoms with Gasteiger partial charge in [-0.3, -0.25) is 4.98 Å². The van der Waals surface area contributed by atoms with E-state index in [1.54, 1.807) is 7.11 Å². The maximum Gasteiger partial charge on any atom is 0.454 e. The first kappa shape index (κ1) is 16.8. The van der Waals surface area contributed by atoms with Crippen LogP contribution in [-0.2, 0) is 4.65 Å². The van der Waals surface area contributed by atoms with Gasteiger partial charge in [0.1, 0.15) is 0 Å². The summed E-state index contributed by atoms with van der Waals surface area (Å²) in [5.74, 6) is 1.61. The van der Waals surface area contributed by atoms with E-state index >= 15 is 0 Å². The molecule has 1 saturated heterocycles. The summed E-state index contributed by atoms with van der Waals surface area (Å²) in [6.45, 7) is 4.50. The van der Waals surface area contributed by atoms with E-state index in [2.05, 4.69) is 11.1 Å². The Kier molecular flexibility index (Phi) is 5.07. The van der Waals surface area contributed by atoms with Crippen molar-refractivity contribution >= 4 is 7.12 Å². The number of ether oxygens (including phenoxy) is 2. The average Bonchev–Trinajstić information content (AvgIpc) is 3.01. The normalized spacial score (nSPS) is 17.4. The molecule has 24 heavy (non-hydrogen) atoms. The minimum Gasteiger partial charge on any atom is -0.493 e. The lowest BCUT2D eigenvalue weighted by Gasteiger charge is -2.15. The smallest absolute Gasteiger partial charge is 0.454 e. The zero-order valence-corrected chi connectivity index (χ0v) is 14.2. The van der Waals surface area contributed by atoms with Crippen molar-refractivity contribution in [3.63, 3.8) is 0 Å². The zero-order valence-electron chi connectivity index (χ0n) is 14.2. The van der Waals surface area contributed by atoms with Crippen LogP contribution in [0.1, 0.15) is 25.3 Å². The molecule has 6 heteroatoms. The summed E-state index contributed by atoms with van der Waals surface area (Å²) in [5, 5.41) is 9.55. The summed E-state index contributed by atoms with van der Waals surface area (Å²) in [7, 11) is 0.959. The number of benzene rings is 1. The Bertz CT molecular complexity index is 707. The van der Waals surface area contributed by atoms with Gasteiger partial charge in [-0.2, -0.15) is 0 Å². The molecule has 1 unspecified atom stereocenters. The van der Waals surface area contributed by atoms with Gasteiger partial charge in [0.25, 0.3) is 0 Å². The van der Waals surface area contributed by atoms with Crippen molar-refractivity contribution in [1.29, 1.82) is 0 Å². The Balaban J connectivity index is 1.91. The number of pyridine rings is 1. The second kappa shape index (κ2) is 7.24. The molecule has 1 N–H and O–H groups in total. The summed E-state index contributed by atoms with van der Waals surface area (Å²) in [5.41, 5.74) is 3.09. The standard InChI is InChI=1S/C18H22BNO4/c1-12(2)24-18-7-13(4-5-17(18)22-3)14-6-15(10-20-9-14)16-8-19(21)23-11-16/h4-7,9-10,12,16,21H,8,11H2,1-3H3. The molecule has 1 fully saturated rings. The van der Waals surface area contributed by atoms with Crippen molar-refractivity contribution < 1.29 is 19.2 Å². The first-order valence-electron chi connectivity index (χ1n) is 8.16. The number of hydrogen-bond donors (Lipinski definition) is 1. The van der Waals surface area contributed by atoms with Gasteiger partial charge in [-0.25, -0.2) is 0 Å². The fourth-order valence-corrected chi connectivity index (χ4v) is 2.88. The number of rotatable bonds is 5. The van der Waals surface area contributed by atoms with E-state index in [4.69, 9.17) is 14.1 Å². The number of methoxy groups -OCH3 is 1. The van der Waals surface area contributed by atoms with E-state index in [1.165, 1.54) is 0 Å². The first-order valence-corrected chi connectivity index (χ1v) is 8.16. The van der Waals surface area contributed by atoms with Crippen molar-refractivity contribution in [2.75, 3.05) is 13.7 Å². The molecule has 0 spiro atoms. The number of aromatic nitrogens is 1. The Morgan fingerprint density at radius 3 is 2.71 bits per heavy atom. The van der Waals surface area contributed by atoms with Crippen LogP contribution < -0.4 is 9.47 Å². The lowest BCUT2D eigenvalue weighted by Crippen LogP contribution is -2.07. The van der Waals surface area contributed by atoms with E-state index in [-0.39, 0.29) is 12.0 Å². The van der Waals surface area contributed by atoms with Gasteiger partial charge >= 0.3 is 7.12 Å². The van der Waals surface area contributed by atoms with Crippen molar-refractivity contribution in [3.05, 3.63) is 42.2 Å². The topological polar surface area (TPSA) is 60.8 Å². The first-order chi connectivity index (χ1) is 11.6. The molecule has 5 nitrogen and oxygen atoms in total. The van der Waals surface area contributed by atoms with Gasteiger partial charge in [0.15, 0.2) is 11.5 Å². The second-order valence-corrected chi connectivity index (χ2v) is 6.26. The zero-order chi connectivity index (χ0) is 17.1. The molecule has 2 aromatic rings. The molecule has 1 aromatic heterocycles. The highest BCUT2D eigenvalue weighted by molar-refractivity contribution is 6.43. The Hall–Kier alpha value is -2.05. The van der Waals surface area contributed by atoms with E-state index in [0.717, 1.165) is 22.4 Å². The van der Waals surface area contributed by atoms with Crippen LogP contribution in [0, 0.1) is 0 Å². The maximum atomic E-state index is 9.55. The molecular formula is C18H22BNO4. The third-order valence-electron chi connectivity index (χ3n) is 4.07. The van der Waals surface area contributed by atoms with Gasteiger partial charge in [-0.1, -0.05) is 6.07 Å². The predicted octanol–water partition coefficient (Wildman–Crippen LogP) is 3.14. The third-order valence-corrected chi connectivity index (χ3v) is 4.07. The molecule has 1 aliphatic rings. The van der Waals surface area contributed by atoms with Crippen LogP contribution in [0.15, 0.2) is 36.7 Å². The monoisotopic (exact) mass is 327 g/mol. The van der Waals surface area contributed by atoms with Crippen LogP contribution in [-0.4, -0.2) is 36.9 Å². The quantitative estimate of drug-likeness (QED) is 0.855. The minimum absolute atomic E-state index is 0.0655. The molecule has 1 aromatic carbocycles. The molecule has 0 bridgehead atoms. The molecule has 1 aliphatic heterocycles. The summed E-state index contributed by atoms with van der Waals surface area (Å²) in [6.07, 6.45) is 4.34. The van der Waals surface area contributed by atoms with Gasteiger partial charge in [0.2, 0.25) is 0 Å². The van der Waals surface area contributed by atoms with Crippen molar-refractivity contribution in [1.82, 2.24) is 4.98 Å². The van der Waals surface area contributed by atoms with Crippen LogP contribution in [0.3, 0.4) is 0 Å². The molecule has 1 atom stereocenters. The summed E-state index contributed by atoms with van der Waals surface area (Å²) in [6, 6.07) is 7.97. The Labute approximate surface area is 142 Å². The summed E-state index contributed by atoms with van der Waals surface area (Å²) < 4.78 is 16.5. The van der Waals surface area contributed by atoms with Gasteiger partial charge in [0, 0.05) is 30.5 Å². The maximum absolute atomic E-state index is 9.55. The lowest BCUT2D eigenvalue weighted by atomic mass is 9.80. The fraction of sp³-hybridized carbons (Fsp3) is 0.389. The van der Waals surface area contributed by atoms with E-state index in [9.17, 15) is 5.02 Å². The molecule has 0 saturated carbocycles. The fourth-order valence-electron chi connectivity index (χ4n) is 2.88. The highest BCUT2D eigenvalue weighted by Crippen LogP contribution is 2.35. The molecule has 0 aliphatic carbocycles. The molecule has 2 heterocycles. The predicted molar refractivity (Wildman–Crippen MR) is 93.5 cm³/mol. The SMILES string of the molecule is COc1ccc(-c2cncc(C3COB(O)C3)c2)cc1OC(C)C. The number of hydrogen-bond acceptors (Lipinski definition) is 5. The molecular weight excluding hydrogens is 305 g/mol. The van der Waals surface area contributed by atoms with Gasteiger partial charge in [-0.05, 0) is 49.5 Å². The largest absolute Gasteiger partial charge is 0.493 e. The second-order valence-electron chi connectivity index (χ2n) is 6.26. The minimum atomic E-state index is -0.675. The summed E-state index contributed by atoms with van der Waals surface area (Å²) in [4.78, 5) is 4.35. The van der Waals surface area contributed by atoms with E-state index in [1.807, 2.05) is 44.4 Å².